The highest BCUT2D eigenvalue weighted by atomic mass is 15.2. The first kappa shape index (κ1) is 5.59. The number of hydrogen-bond donors (Lipinski definition) is 0. The van der Waals surface area contributed by atoms with Crippen molar-refractivity contribution in [1.29, 1.82) is 0 Å². The van der Waals surface area contributed by atoms with Crippen LogP contribution < -0.4 is 0 Å². The van der Waals surface area contributed by atoms with Crippen LogP contribution in [0.15, 0.2) is 0 Å². The third kappa shape index (κ3) is 0.493. The fourth-order valence-electron chi connectivity index (χ4n) is 3.17. The van der Waals surface area contributed by atoms with Gasteiger partial charge in [-0.25, -0.2) is 0 Å². The summed E-state index contributed by atoms with van der Waals surface area (Å²) in [5, 5.41) is 0. The van der Waals surface area contributed by atoms with E-state index in [0.717, 1.165) is 17.4 Å². The van der Waals surface area contributed by atoms with Gasteiger partial charge in [-0.05, 0) is 44.1 Å². The van der Waals surface area contributed by atoms with Gasteiger partial charge >= 0.3 is 0 Å². The van der Waals surface area contributed by atoms with E-state index in [1.54, 1.807) is 12.8 Å². The van der Waals surface area contributed by atoms with Gasteiger partial charge in [-0.15, -0.1) is 0 Å². The first-order chi connectivity index (χ1) is 4.80. The van der Waals surface area contributed by atoms with E-state index in [0.29, 0.717) is 0 Å². The summed E-state index contributed by atoms with van der Waals surface area (Å²) in [6, 6.07) is 0.979. The van der Waals surface area contributed by atoms with Crippen molar-refractivity contribution in [3.05, 3.63) is 0 Å². The monoisotopic (exact) mass is 137 g/mol. The molecule has 1 aliphatic heterocycles. The Kier molecular flexibility index (Phi) is 0.797. The first-order valence-electron chi connectivity index (χ1n) is 4.50. The topological polar surface area (TPSA) is 3.24 Å². The zero-order chi connectivity index (χ0) is 6.77. The van der Waals surface area contributed by atoms with Crippen LogP contribution in [0, 0.1) is 11.3 Å². The van der Waals surface area contributed by atoms with Crippen LogP contribution >= 0.6 is 0 Å². The minimum absolute atomic E-state index is 0.900. The normalized spacial score (nSPS) is 48.9. The highest BCUT2D eigenvalue weighted by Crippen LogP contribution is 2.64. The predicted molar refractivity (Wildman–Crippen MR) is 40.8 cm³/mol. The second-order valence-corrected chi connectivity index (χ2v) is 4.59. The van der Waals surface area contributed by atoms with Crippen molar-refractivity contribution < 1.29 is 0 Å². The van der Waals surface area contributed by atoms with E-state index >= 15 is 0 Å². The number of piperidine rings is 1. The molecule has 56 valence electrons. The summed E-state index contributed by atoms with van der Waals surface area (Å²) in [7, 11) is 2.29. The largest absolute Gasteiger partial charge is 0.303 e. The molecule has 1 heterocycles. The third-order valence-electron chi connectivity index (χ3n) is 4.09. The number of likely N-dealkylation sites (tertiary alicyclic amines) is 1. The molecule has 0 aromatic carbocycles. The number of fused-ring (bicyclic) bond motifs is 3. The van der Waals surface area contributed by atoms with E-state index in [-0.39, 0.29) is 0 Å². The number of rotatable bonds is 0. The van der Waals surface area contributed by atoms with Crippen LogP contribution in [-0.2, 0) is 0 Å². The van der Waals surface area contributed by atoms with E-state index in [1.165, 1.54) is 19.4 Å². The van der Waals surface area contributed by atoms with Gasteiger partial charge in [0.05, 0.1) is 0 Å². The van der Waals surface area contributed by atoms with Crippen LogP contribution in [0.4, 0.5) is 0 Å². The Labute approximate surface area is 62.4 Å². The molecule has 0 aromatic heterocycles. The van der Waals surface area contributed by atoms with Crippen molar-refractivity contribution in [3.8, 4) is 0 Å². The highest BCUT2D eigenvalue weighted by Gasteiger charge is 2.59. The Bertz CT molecular complexity index is 170. The third-order valence-corrected chi connectivity index (χ3v) is 4.09. The highest BCUT2D eigenvalue weighted by molar-refractivity contribution is 5.11. The van der Waals surface area contributed by atoms with Gasteiger partial charge in [-0.1, -0.05) is 0 Å². The first-order valence-corrected chi connectivity index (χ1v) is 4.50. The molecule has 2 unspecified atom stereocenters. The summed E-state index contributed by atoms with van der Waals surface area (Å²) in [5.41, 5.74) is 0.900. The minimum atomic E-state index is 0.900. The summed E-state index contributed by atoms with van der Waals surface area (Å²) in [5.74, 6) is 1.10. The molecule has 0 aromatic rings. The van der Waals surface area contributed by atoms with Gasteiger partial charge in [0.1, 0.15) is 0 Å². The quantitative estimate of drug-likeness (QED) is 0.489. The fourth-order valence-corrected chi connectivity index (χ4v) is 3.17. The number of nitrogens with zero attached hydrogens (tertiary/aromatic N) is 1. The molecule has 3 fully saturated rings. The van der Waals surface area contributed by atoms with Crippen LogP contribution in [-0.4, -0.2) is 24.5 Å². The van der Waals surface area contributed by atoms with Gasteiger partial charge in [0.2, 0.25) is 0 Å². The van der Waals surface area contributed by atoms with Crippen molar-refractivity contribution >= 4 is 0 Å². The lowest BCUT2D eigenvalue weighted by molar-refractivity contribution is 0.195. The van der Waals surface area contributed by atoms with Gasteiger partial charge in [0.25, 0.3) is 0 Å². The Hall–Kier alpha value is -0.0400. The Balaban J connectivity index is 1.90. The molecule has 1 spiro atoms. The minimum Gasteiger partial charge on any atom is -0.303 e. The van der Waals surface area contributed by atoms with Crippen molar-refractivity contribution in [2.75, 3.05) is 13.6 Å². The zero-order valence-electron chi connectivity index (χ0n) is 6.64. The fraction of sp³-hybridized carbons (Fsp3) is 1.00. The van der Waals surface area contributed by atoms with Gasteiger partial charge in [0.15, 0.2) is 0 Å². The molecule has 10 heavy (non-hydrogen) atoms. The molecule has 0 radical (unpaired) electrons. The van der Waals surface area contributed by atoms with Crippen molar-refractivity contribution in [2.24, 2.45) is 11.3 Å². The molecule has 0 N–H and O–H groups in total. The molecule has 1 heteroatoms. The zero-order valence-corrected chi connectivity index (χ0v) is 6.64. The maximum atomic E-state index is 2.56. The van der Waals surface area contributed by atoms with Crippen LogP contribution in [0.25, 0.3) is 0 Å². The molecule has 3 aliphatic rings. The Morgan fingerprint density at radius 2 is 2.20 bits per heavy atom. The maximum absolute atomic E-state index is 2.56. The van der Waals surface area contributed by atoms with E-state index < -0.39 is 0 Å². The van der Waals surface area contributed by atoms with Crippen LogP contribution in [0.2, 0.25) is 0 Å². The molecule has 1 saturated heterocycles. The smallest absolute Gasteiger partial charge is 0.0101 e. The molecular formula is C9H15N. The predicted octanol–water partition coefficient (Wildman–Crippen LogP) is 1.49. The van der Waals surface area contributed by atoms with Crippen LogP contribution in [0.5, 0.6) is 0 Å². The van der Waals surface area contributed by atoms with Gasteiger partial charge in [-0.3, -0.25) is 0 Å². The summed E-state index contributed by atoms with van der Waals surface area (Å²) in [6.45, 7) is 1.41. The van der Waals surface area contributed by atoms with E-state index in [1.807, 2.05) is 0 Å². The van der Waals surface area contributed by atoms with Gasteiger partial charge in [0, 0.05) is 12.6 Å². The standard InChI is InChI=1S/C9H15N/c1-10-6-7-4-8(10)5-9(7)2-3-9/h7-8H,2-6H2,1H3. The van der Waals surface area contributed by atoms with Crippen molar-refractivity contribution in [2.45, 2.75) is 31.7 Å². The molecule has 2 saturated carbocycles. The second-order valence-electron chi connectivity index (χ2n) is 4.59. The van der Waals surface area contributed by atoms with Crippen LogP contribution in [0.3, 0.4) is 0 Å². The van der Waals surface area contributed by atoms with E-state index in [4.69, 9.17) is 0 Å². The van der Waals surface area contributed by atoms with Crippen molar-refractivity contribution in [1.82, 2.24) is 4.90 Å². The molecule has 2 aliphatic carbocycles. The lowest BCUT2D eigenvalue weighted by atomic mass is 9.91. The van der Waals surface area contributed by atoms with Crippen molar-refractivity contribution in [3.63, 3.8) is 0 Å². The summed E-state index contributed by atoms with van der Waals surface area (Å²) >= 11 is 0. The summed E-state index contributed by atoms with van der Waals surface area (Å²) in [6.07, 6.45) is 6.18. The molecule has 2 atom stereocenters. The molecule has 2 bridgehead atoms. The molecule has 3 rings (SSSR count). The van der Waals surface area contributed by atoms with Gasteiger partial charge in [-0.2, -0.15) is 0 Å². The van der Waals surface area contributed by atoms with Crippen LogP contribution in [0.1, 0.15) is 25.7 Å². The SMILES string of the molecule is CN1CC2CC1CC21CC1. The van der Waals surface area contributed by atoms with E-state index in [2.05, 4.69) is 11.9 Å². The Morgan fingerprint density at radius 1 is 1.40 bits per heavy atom. The average molecular weight is 137 g/mol. The number of hydrogen-bond acceptors (Lipinski definition) is 1. The lowest BCUT2D eigenvalue weighted by Crippen LogP contribution is -2.32. The maximum Gasteiger partial charge on any atom is 0.0101 e. The molecule has 1 nitrogen and oxygen atoms in total. The second kappa shape index (κ2) is 1.42. The van der Waals surface area contributed by atoms with Gasteiger partial charge < -0.3 is 4.90 Å². The Morgan fingerprint density at radius 3 is 2.60 bits per heavy atom. The summed E-state index contributed by atoms with van der Waals surface area (Å²) in [4.78, 5) is 2.56. The molecular weight excluding hydrogens is 122 g/mol. The average Bonchev–Trinajstić information content (AvgIpc) is 2.42. The summed E-state index contributed by atoms with van der Waals surface area (Å²) < 4.78 is 0. The molecule has 0 amide bonds. The van der Waals surface area contributed by atoms with E-state index in [9.17, 15) is 0 Å². The lowest BCUT2D eigenvalue weighted by Gasteiger charge is -2.28.